The lowest BCUT2D eigenvalue weighted by Crippen LogP contribution is -2.36. The fourth-order valence-electron chi connectivity index (χ4n) is 3.20. The summed E-state index contributed by atoms with van der Waals surface area (Å²) in [5, 5.41) is 6.15. The highest BCUT2D eigenvalue weighted by Gasteiger charge is 2.18. The molecule has 1 aromatic carbocycles. The molecule has 0 saturated heterocycles. The molecule has 0 bridgehead atoms. The highest BCUT2D eigenvalue weighted by molar-refractivity contribution is 7.09. The number of amides is 1. The second-order valence-electron chi connectivity index (χ2n) is 6.98. The Morgan fingerprint density at radius 1 is 1.31 bits per heavy atom. The Bertz CT molecular complexity index is 761. The first-order valence-corrected chi connectivity index (χ1v) is 10.1. The van der Waals surface area contributed by atoms with E-state index in [9.17, 15) is 4.79 Å². The number of carbonyl (C=O) groups is 1. The molecule has 0 aliphatic heterocycles. The van der Waals surface area contributed by atoms with Crippen molar-refractivity contribution in [2.24, 2.45) is 5.92 Å². The van der Waals surface area contributed by atoms with Gasteiger partial charge in [-0.25, -0.2) is 4.98 Å². The van der Waals surface area contributed by atoms with Gasteiger partial charge in [-0.3, -0.25) is 4.79 Å². The lowest BCUT2D eigenvalue weighted by molar-refractivity contribution is -0.117. The SMILES string of the molecule is Cc1nc(COc2ccccc2C=CC(=O)NC2CCC(C)CC2)cs1. The number of nitrogens with one attached hydrogen (secondary N) is 1. The molecule has 1 amide bonds. The van der Waals surface area contributed by atoms with Gasteiger partial charge in [0.25, 0.3) is 0 Å². The molecule has 5 heteroatoms. The van der Waals surface area contributed by atoms with E-state index in [-0.39, 0.29) is 5.91 Å². The van der Waals surface area contributed by atoms with Crippen molar-refractivity contribution in [2.75, 3.05) is 0 Å². The normalized spacial score (nSPS) is 20.2. The molecule has 1 heterocycles. The first-order valence-electron chi connectivity index (χ1n) is 9.21. The standard InChI is InChI=1S/C21H26N2O2S/c1-15-7-10-18(11-8-15)23-21(24)12-9-17-5-3-4-6-20(17)25-13-19-14-26-16(2)22-19/h3-6,9,12,14-15,18H,7-8,10-11,13H2,1-2H3,(H,23,24). The van der Waals surface area contributed by atoms with Crippen LogP contribution in [0.3, 0.4) is 0 Å². The van der Waals surface area contributed by atoms with Gasteiger partial charge < -0.3 is 10.1 Å². The molecule has 138 valence electrons. The average Bonchev–Trinajstić information content (AvgIpc) is 3.06. The second kappa shape index (κ2) is 8.99. The van der Waals surface area contributed by atoms with Gasteiger partial charge in [0, 0.05) is 23.1 Å². The molecule has 1 aliphatic rings. The quantitative estimate of drug-likeness (QED) is 0.747. The Balaban J connectivity index is 1.56. The number of aromatic nitrogens is 1. The van der Waals surface area contributed by atoms with Gasteiger partial charge in [-0.15, -0.1) is 11.3 Å². The van der Waals surface area contributed by atoms with Gasteiger partial charge in [-0.05, 0) is 50.7 Å². The van der Waals surface area contributed by atoms with Crippen molar-refractivity contribution in [1.82, 2.24) is 10.3 Å². The van der Waals surface area contributed by atoms with Gasteiger partial charge in [-0.1, -0.05) is 25.1 Å². The van der Waals surface area contributed by atoms with E-state index >= 15 is 0 Å². The van der Waals surface area contributed by atoms with Gasteiger partial charge >= 0.3 is 0 Å². The summed E-state index contributed by atoms with van der Waals surface area (Å²) in [5.41, 5.74) is 1.82. The molecular weight excluding hydrogens is 344 g/mol. The topological polar surface area (TPSA) is 51.2 Å². The summed E-state index contributed by atoms with van der Waals surface area (Å²) >= 11 is 1.62. The molecule has 1 aromatic heterocycles. The van der Waals surface area contributed by atoms with Crippen molar-refractivity contribution in [1.29, 1.82) is 0 Å². The highest BCUT2D eigenvalue weighted by Crippen LogP contribution is 2.24. The molecule has 0 unspecified atom stereocenters. The lowest BCUT2D eigenvalue weighted by Gasteiger charge is -2.26. The largest absolute Gasteiger partial charge is 0.487 e. The smallest absolute Gasteiger partial charge is 0.244 e. The molecule has 0 atom stereocenters. The molecule has 4 nitrogen and oxygen atoms in total. The fourth-order valence-corrected chi connectivity index (χ4v) is 3.79. The van der Waals surface area contributed by atoms with Gasteiger partial charge in [0.05, 0.1) is 10.7 Å². The minimum Gasteiger partial charge on any atom is -0.487 e. The number of hydrogen-bond acceptors (Lipinski definition) is 4. The zero-order valence-corrected chi connectivity index (χ0v) is 16.2. The summed E-state index contributed by atoms with van der Waals surface area (Å²) in [6, 6.07) is 8.05. The Morgan fingerprint density at radius 2 is 2.08 bits per heavy atom. The van der Waals surface area contributed by atoms with Crippen LogP contribution in [0.1, 0.15) is 48.9 Å². The molecular formula is C21H26N2O2S. The maximum atomic E-state index is 12.2. The van der Waals surface area contributed by atoms with E-state index in [0.717, 1.165) is 40.8 Å². The first kappa shape index (κ1) is 18.6. The third kappa shape index (κ3) is 5.43. The Hall–Kier alpha value is -2.14. The van der Waals surface area contributed by atoms with Gasteiger partial charge in [0.2, 0.25) is 5.91 Å². The highest BCUT2D eigenvalue weighted by atomic mass is 32.1. The number of thiazole rings is 1. The van der Waals surface area contributed by atoms with Crippen LogP contribution in [0, 0.1) is 12.8 Å². The molecule has 1 fully saturated rings. The van der Waals surface area contributed by atoms with Crippen molar-refractivity contribution >= 4 is 23.3 Å². The van der Waals surface area contributed by atoms with Crippen molar-refractivity contribution < 1.29 is 9.53 Å². The van der Waals surface area contributed by atoms with E-state index in [4.69, 9.17) is 4.74 Å². The van der Waals surface area contributed by atoms with Crippen molar-refractivity contribution in [2.45, 2.75) is 52.2 Å². The molecule has 2 aromatic rings. The molecule has 0 radical (unpaired) electrons. The maximum Gasteiger partial charge on any atom is 0.244 e. The zero-order valence-electron chi connectivity index (χ0n) is 15.4. The summed E-state index contributed by atoms with van der Waals surface area (Å²) in [5.74, 6) is 1.51. The van der Waals surface area contributed by atoms with Crippen LogP contribution >= 0.6 is 11.3 Å². The third-order valence-corrected chi connectivity index (χ3v) is 5.56. The van der Waals surface area contributed by atoms with E-state index in [1.54, 1.807) is 17.4 Å². The number of nitrogens with zero attached hydrogens (tertiary/aromatic N) is 1. The van der Waals surface area contributed by atoms with Crippen LogP contribution < -0.4 is 10.1 Å². The molecule has 1 aliphatic carbocycles. The third-order valence-electron chi connectivity index (χ3n) is 4.74. The number of ether oxygens (including phenoxy) is 1. The molecule has 0 spiro atoms. The van der Waals surface area contributed by atoms with Crippen LogP contribution in [0.5, 0.6) is 5.75 Å². The summed E-state index contributed by atoms with van der Waals surface area (Å²) in [6.45, 7) is 4.69. The molecule has 26 heavy (non-hydrogen) atoms. The number of hydrogen-bond donors (Lipinski definition) is 1. The monoisotopic (exact) mass is 370 g/mol. The Morgan fingerprint density at radius 3 is 2.81 bits per heavy atom. The number of carbonyl (C=O) groups excluding carboxylic acids is 1. The fraction of sp³-hybridized carbons (Fsp3) is 0.429. The van der Waals surface area contributed by atoms with Crippen molar-refractivity contribution in [3.63, 3.8) is 0 Å². The van der Waals surface area contributed by atoms with E-state index in [1.807, 2.05) is 42.6 Å². The van der Waals surface area contributed by atoms with Crippen LogP contribution in [-0.2, 0) is 11.4 Å². The van der Waals surface area contributed by atoms with E-state index in [2.05, 4.69) is 17.2 Å². The van der Waals surface area contributed by atoms with Crippen LogP contribution in [0.4, 0.5) is 0 Å². The van der Waals surface area contributed by atoms with Gasteiger partial charge in [0.1, 0.15) is 12.4 Å². The number of rotatable bonds is 6. The average molecular weight is 371 g/mol. The summed E-state index contributed by atoms with van der Waals surface area (Å²) in [4.78, 5) is 16.6. The van der Waals surface area contributed by atoms with Crippen LogP contribution in [0.15, 0.2) is 35.7 Å². The Kier molecular flexibility index (Phi) is 6.45. The lowest BCUT2D eigenvalue weighted by atomic mass is 9.87. The maximum absolute atomic E-state index is 12.2. The number of benzene rings is 1. The van der Waals surface area contributed by atoms with Gasteiger partial charge in [-0.2, -0.15) is 0 Å². The minimum atomic E-state index is -0.0329. The minimum absolute atomic E-state index is 0.0329. The van der Waals surface area contributed by atoms with E-state index in [0.29, 0.717) is 12.6 Å². The number of aryl methyl sites for hydroxylation is 1. The summed E-state index contributed by atoms with van der Waals surface area (Å²) in [6.07, 6.45) is 7.97. The van der Waals surface area contributed by atoms with Crippen molar-refractivity contribution in [3.8, 4) is 5.75 Å². The van der Waals surface area contributed by atoms with Crippen LogP contribution in [0.2, 0.25) is 0 Å². The van der Waals surface area contributed by atoms with E-state index < -0.39 is 0 Å². The first-order chi connectivity index (χ1) is 12.6. The molecule has 1 saturated carbocycles. The summed E-state index contributed by atoms with van der Waals surface area (Å²) < 4.78 is 5.89. The number of para-hydroxylation sites is 1. The van der Waals surface area contributed by atoms with Crippen molar-refractivity contribution in [3.05, 3.63) is 52.0 Å². The predicted octanol–water partition coefficient (Wildman–Crippen LogP) is 4.74. The second-order valence-corrected chi connectivity index (χ2v) is 8.05. The van der Waals surface area contributed by atoms with Gasteiger partial charge in [0.15, 0.2) is 0 Å². The Labute approximate surface area is 159 Å². The summed E-state index contributed by atoms with van der Waals surface area (Å²) in [7, 11) is 0. The van der Waals surface area contributed by atoms with Crippen LogP contribution in [-0.4, -0.2) is 16.9 Å². The predicted molar refractivity (Wildman–Crippen MR) is 106 cm³/mol. The van der Waals surface area contributed by atoms with E-state index in [1.165, 1.54) is 12.8 Å². The molecule has 3 rings (SSSR count). The van der Waals surface area contributed by atoms with Crippen LogP contribution in [0.25, 0.3) is 6.08 Å². The zero-order chi connectivity index (χ0) is 18.4. The molecule has 1 N–H and O–H groups in total.